The molecule has 2 aromatic carbocycles. The molecule has 4 nitrogen and oxygen atoms in total. The topological polar surface area (TPSA) is 46.9 Å². The fourth-order valence-corrected chi connectivity index (χ4v) is 3.16. The molecule has 0 aliphatic carbocycles. The van der Waals surface area contributed by atoms with Gasteiger partial charge in [0.2, 0.25) is 5.91 Å². The highest BCUT2D eigenvalue weighted by Crippen LogP contribution is 2.32. The number of halogens is 1. The van der Waals surface area contributed by atoms with Crippen molar-refractivity contribution >= 4 is 33.2 Å². The molecule has 132 valence electrons. The Bertz CT molecular complexity index is 957. The quantitative estimate of drug-likeness (QED) is 0.601. The monoisotopic (exact) mass is 409 g/mol. The third kappa shape index (κ3) is 3.94. The third-order valence-corrected chi connectivity index (χ3v) is 4.70. The number of hydrogen-bond acceptors (Lipinski definition) is 2. The second-order valence-electron chi connectivity index (χ2n) is 6.12. The Labute approximate surface area is 161 Å². The number of amides is 1. The number of nitrogens with one attached hydrogen (secondary N) is 1. The maximum atomic E-state index is 12.6. The summed E-state index contributed by atoms with van der Waals surface area (Å²) in [5.41, 5.74) is 4.75. The van der Waals surface area contributed by atoms with Crippen molar-refractivity contribution in [3.05, 3.63) is 76.4 Å². The summed E-state index contributed by atoms with van der Waals surface area (Å²) in [5, 5.41) is 7.46. The molecule has 26 heavy (non-hydrogen) atoms. The second kappa shape index (κ2) is 7.70. The first-order chi connectivity index (χ1) is 12.5. The van der Waals surface area contributed by atoms with Crippen molar-refractivity contribution in [2.45, 2.75) is 13.8 Å². The van der Waals surface area contributed by atoms with Gasteiger partial charge in [-0.1, -0.05) is 58.4 Å². The average molecular weight is 410 g/mol. The lowest BCUT2D eigenvalue weighted by atomic mass is 10.1. The van der Waals surface area contributed by atoms with Crippen molar-refractivity contribution in [2.24, 2.45) is 7.05 Å². The van der Waals surface area contributed by atoms with Gasteiger partial charge in [0.1, 0.15) is 5.82 Å². The first-order valence-corrected chi connectivity index (χ1v) is 9.09. The third-order valence-electron chi connectivity index (χ3n) is 4.17. The summed E-state index contributed by atoms with van der Waals surface area (Å²) in [6.45, 7) is 3.87. The fourth-order valence-electron chi connectivity index (χ4n) is 2.90. The zero-order chi connectivity index (χ0) is 18.7. The van der Waals surface area contributed by atoms with Crippen molar-refractivity contribution in [1.82, 2.24) is 9.78 Å². The van der Waals surface area contributed by atoms with Gasteiger partial charge in [0.05, 0.1) is 5.69 Å². The number of aromatic nitrogens is 2. The molecule has 1 heterocycles. The van der Waals surface area contributed by atoms with Gasteiger partial charge in [-0.15, -0.1) is 0 Å². The van der Waals surface area contributed by atoms with Gasteiger partial charge in [-0.05, 0) is 42.7 Å². The molecule has 0 spiro atoms. The molecule has 3 rings (SSSR count). The Hall–Kier alpha value is -2.66. The van der Waals surface area contributed by atoms with Crippen LogP contribution in [0.15, 0.2) is 65.1 Å². The minimum atomic E-state index is -0.173. The summed E-state index contributed by atoms with van der Waals surface area (Å²) < 4.78 is 2.71. The molecule has 0 aliphatic rings. The molecule has 3 aromatic rings. The van der Waals surface area contributed by atoms with Crippen LogP contribution in [0, 0.1) is 6.92 Å². The Morgan fingerprint density at radius 1 is 1.12 bits per heavy atom. The van der Waals surface area contributed by atoms with Crippen LogP contribution in [0.5, 0.6) is 0 Å². The molecule has 1 aromatic heterocycles. The number of rotatable bonds is 4. The molecular formula is C21H20BrN3O. The highest BCUT2D eigenvalue weighted by molar-refractivity contribution is 9.10. The van der Waals surface area contributed by atoms with E-state index in [-0.39, 0.29) is 5.91 Å². The van der Waals surface area contributed by atoms with E-state index in [1.165, 1.54) is 0 Å². The zero-order valence-electron chi connectivity index (χ0n) is 15.0. The molecule has 1 amide bonds. The Morgan fingerprint density at radius 3 is 2.42 bits per heavy atom. The molecule has 0 unspecified atom stereocenters. The lowest BCUT2D eigenvalue weighted by Gasteiger charge is -2.08. The van der Waals surface area contributed by atoms with Crippen LogP contribution in [0.25, 0.3) is 16.7 Å². The number of carbonyl (C=O) groups is 1. The van der Waals surface area contributed by atoms with Crippen LogP contribution in [-0.2, 0) is 11.8 Å². The van der Waals surface area contributed by atoms with E-state index < -0.39 is 0 Å². The van der Waals surface area contributed by atoms with E-state index in [4.69, 9.17) is 0 Å². The molecule has 0 atom stereocenters. The largest absolute Gasteiger partial charge is 0.307 e. The molecule has 1 N–H and O–H groups in total. The smallest absolute Gasteiger partial charge is 0.249 e. The first-order valence-electron chi connectivity index (χ1n) is 8.30. The van der Waals surface area contributed by atoms with Gasteiger partial charge >= 0.3 is 0 Å². The number of hydrogen-bond donors (Lipinski definition) is 1. The van der Waals surface area contributed by atoms with Crippen LogP contribution in [0.1, 0.15) is 18.2 Å². The van der Waals surface area contributed by atoms with Crippen LogP contribution in [0.4, 0.5) is 5.82 Å². The minimum Gasteiger partial charge on any atom is -0.307 e. The van der Waals surface area contributed by atoms with E-state index in [2.05, 4.69) is 26.3 Å². The Kier molecular flexibility index (Phi) is 5.38. The van der Waals surface area contributed by atoms with Gasteiger partial charge in [0.25, 0.3) is 0 Å². The van der Waals surface area contributed by atoms with Crippen molar-refractivity contribution < 1.29 is 4.79 Å². The first kappa shape index (κ1) is 18.1. The average Bonchev–Trinajstić information content (AvgIpc) is 2.90. The van der Waals surface area contributed by atoms with Gasteiger partial charge in [-0.2, -0.15) is 5.10 Å². The van der Waals surface area contributed by atoms with Gasteiger partial charge < -0.3 is 5.32 Å². The Morgan fingerprint density at radius 2 is 1.77 bits per heavy atom. The van der Waals surface area contributed by atoms with E-state index in [9.17, 15) is 4.79 Å². The number of aryl methyl sites for hydroxylation is 2. The van der Waals surface area contributed by atoms with Crippen molar-refractivity contribution in [3.8, 4) is 11.1 Å². The molecule has 0 aliphatic heterocycles. The summed E-state index contributed by atoms with van der Waals surface area (Å²) in [5.74, 6) is 0.514. The molecule has 0 radical (unpaired) electrons. The summed E-state index contributed by atoms with van der Waals surface area (Å²) >= 11 is 3.45. The molecule has 0 bridgehead atoms. The summed E-state index contributed by atoms with van der Waals surface area (Å²) in [6, 6.07) is 17.8. The molecule has 0 saturated heterocycles. The van der Waals surface area contributed by atoms with Crippen molar-refractivity contribution in [3.63, 3.8) is 0 Å². The van der Waals surface area contributed by atoms with E-state index >= 15 is 0 Å². The highest BCUT2D eigenvalue weighted by atomic mass is 79.9. The van der Waals surface area contributed by atoms with Gasteiger partial charge in [0, 0.05) is 23.2 Å². The standard InChI is InChI=1S/C21H20BrN3O/c1-14(16-7-5-4-6-8-16)13-19(26)23-21-20(15(2)24-25(21)3)17-9-11-18(22)12-10-17/h4-13H,1-3H3,(H,23,26)/b14-13+. The predicted octanol–water partition coefficient (Wildman–Crippen LogP) is 5.20. The van der Waals surface area contributed by atoms with Crippen molar-refractivity contribution in [1.29, 1.82) is 0 Å². The van der Waals surface area contributed by atoms with Crippen LogP contribution >= 0.6 is 15.9 Å². The van der Waals surface area contributed by atoms with Gasteiger partial charge in [0.15, 0.2) is 0 Å². The fraction of sp³-hybridized carbons (Fsp3) is 0.143. The lowest BCUT2D eigenvalue weighted by Crippen LogP contribution is -2.12. The van der Waals surface area contributed by atoms with Gasteiger partial charge in [-0.3, -0.25) is 9.48 Å². The van der Waals surface area contributed by atoms with Crippen LogP contribution in [0.2, 0.25) is 0 Å². The minimum absolute atomic E-state index is 0.173. The Balaban J connectivity index is 1.90. The number of carbonyl (C=O) groups excluding carboxylic acids is 1. The van der Waals surface area contributed by atoms with E-state index in [1.54, 1.807) is 10.8 Å². The maximum absolute atomic E-state index is 12.6. The summed E-state index contributed by atoms with van der Waals surface area (Å²) in [6.07, 6.45) is 1.61. The normalized spacial score (nSPS) is 11.5. The van der Waals surface area contributed by atoms with Crippen LogP contribution in [0.3, 0.4) is 0 Å². The lowest BCUT2D eigenvalue weighted by molar-refractivity contribution is -0.111. The van der Waals surface area contributed by atoms with Crippen LogP contribution in [-0.4, -0.2) is 15.7 Å². The van der Waals surface area contributed by atoms with E-state index in [0.29, 0.717) is 5.82 Å². The summed E-state index contributed by atoms with van der Waals surface area (Å²) in [7, 11) is 1.83. The van der Waals surface area contributed by atoms with Crippen molar-refractivity contribution in [2.75, 3.05) is 5.32 Å². The highest BCUT2D eigenvalue weighted by Gasteiger charge is 2.16. The number of nitrogens with zero attached hydrogens (tertiary/aromatic N) is 2. The number of anilines is 1. The maximum Gasteiger partial charge on any atom is 0.249 e. The van der Waals surface area contributed by atoms with Gasteiger partial charge in [-0.25, -0.2) is 0 Å². The molecule has 5 heteroatoms. The summed E-state index contributed by atoms with van der Waals surface area (Å²) in [4.78, 5) is 12.6. The molecule has 0 saturated carbocycles. The number of benzene rings is 2. The van der Waals surface area contributed by atoms with Crippen LogP contribution < -0.4 is 5.32 Å². The SMILES string of the molecule is C/C(=C\C(=O)Nc1c(-c2ccc(Br)cc2)c(C)nn1C)c1ccccc1. The predicted molar refractivity (Wildman–Crippen MR) is 110 cm³/mol. The second-order valence-corrected chi connectivity index (χ2v) is 7.04. The molecular weight excluding hydrogens is 390 g/mol. The molecule has 0 fully saturated rings. The zero-order valence-corrected chi connectivity index (χ0v) is 16.5. The van der Waals surface area contributed by atoms with E-state index in [1.807, 2.05) is 75.5 Å². The van der Waals surface area contributed by atoms with E-state index in [0.717, 1.165) is 32.4 Å². The number of allylic oxidation sites excluding steroid dienone is 1.